The Bertz CT molecular complexity index is 525. The highest BCUT2D eigenvalue weighted by Crippen LogP contribution is 2.57. The molecule has 0 radical (unpaired) electrons. The van der Waals surface area contributed by atoms with Crippen LogP contribution in [0.4, 0.5) is 0 Å². The molecule has 1 heterocycles. The van der Waals surface area contributed by atoms with Crippen molar-refractivity contribution in [3.63, 3.8) is 0 Å². The minimum atomic E-state index is -4.14. The van der Waals surface area contributed by atoms with Crippen molar-refractivity contribution in [3.8, 4) is 0 Å². The number of carbonyl (C=O) groups excluding carboxylic acids is 2. The van der Waals surface area contributed by atoms with Gasteiger partial charge in [0.2, 0.25) is 0 Å². The predicted octanol–water partition coefficient (Wildman–Crippen LogP) is -0.385. The third-order valence-electron chi connectivity index (χ3n) is 4.34. The molecule has 3 aliphatic rings. The highest BCUT2D eigenvalue weighted by atomic mass is 32.2. The maximum atomic E-state index is 11.9. The Hall–Kier alpha value is -1.15. The SMILES string of the molecule is O=C1OC2C3CC(CC13)C2C(=O)OCCS(=O)(=O)O. The first-order valence-corrected chi connectivity index (χ1v) is 7.80. The fourth-order valence-corrected chi connectivity index (χ4v) is 3.92. The first-order valence-electron chi connectivity index (χ1n) is 6.19. The molecule has 3 rings (SSSR count). The van der Waals surface area contributed by atoms with Crippen molar-refractivity contribution in [1.29, 1.82) is 0 Å². The van der Waals surface area contributed by atoms with E-state index in [1.54, 1.807) is 0 Å². The van der Waals surface area contributed by atoms with Crippen molar-refractivity contribution in [2.75, 3.05) is 12.4 Å². The van der Waals surface area contributed by atoms with Crippen LogP contribution < -0.4 is 0 Å². The van der Waals surface area contributed by atoms with E-state index in [2.05, 4.69) is 0 Å². The van der Waals surface area contributed by atoms with Gasteiger partial charge in [-0.1, -0.05) is 0 Å². The first kappa shape index (κ1) is 12.9. The zero-order chi connectivity index (χ0) is 13.8. The van der Waals surface area contributed by atoms with E-state index in [1.165, 1.54) is 0 Å². The molecule has 2 saturated carbocycles. The maximum absolute atomic E-state index is 11.9. The van der Waals surface area contributed by atoms with Crippen LogP contribution in [0.15, 0.2) is 0 Å². The summed E-state index contributed by atoms with van der Waals surface area (Å²) in [6.07, 6.45) is 1.03. The molecule has 0 aromatic carbocycles. The van der Waals surface area contributed by atoms with Crippen molar-refractivity contribution in [2.24, 2.45) is 23.7 Å². The summed E-state index contributed by atoms with van der Waals surface area (Å²) in [4.78, 5) is 23.4. The van der Waals surface area contributed by atoms with Crippen molar-refractivity contribution in [3.05, 3.63) is 0 Å². The second-order valence-corrected chi connectivity index (χ2v) is 6.95. The summed E-state index contributed by atoms with van der Waals surface area (Å²) in [5, 5.41) is 0. The molecule has 3 fully saturated rings. The molecule has 5 atom stereocenters. The molecule has 19 heavy (non-hydrogen) atoms. The Balaban J connectivity index is 1.61. The van der Waals surface area contributed by atoms with Gasteiger partial charge in [-0.05, 0) is 18.8 Å². The molecule has 106 valence electrons. The van der Waals surface area contributed by atoms with Crippen molar-refractivity contribution < 1.29 is 32.0 Å². The minimum absolute atomic E-state index is 0.0723. The number of hydrogen-bond acceptors (Lipinski definition) is 6. The van der Waals surface area contributed by atoms with Crippen LogP contribution in [-0.4, -0.2) is 43.4 Å². The molecule has 8 heteroatoms. The van der Waals surface area contributed by atoms with Gasteiger partial charge in [-0.25, -0.2) is 0 Å². The first-order chi connectivity index (χ1) is 8.87. The summed E-state index contributed by atoms with van der Waals surface area (Å²) < 4.78 is 39.7. The Morgan fingerprint density at radius 2 is 2.16 bits per heavy atom. The lowest BCUT2D eigenvalue weighted by atomic mass is 9.82. The molecule has 1 N–H and O–H groups in total. The lowest BCUT2D eigenvalue weighted by Crippen LogP contribution is -2.35. The largest absolute Gasteiger partial charge is 0.464 e. The molecule has 0 aromatic rings. The van der Waals surface area contributed by atoms with Gasteiger partial charge in [0.1, 0.15) is 18.5 Å². The summed E-state index contributed by atoms with van der Waals surface area (Å²) in [6.45, 7) is -0.379. The van der Waals surface area contributed by atoms with E-state index in [0.717, 1.165) is 6.42 Å². The van der Waals surface area contributed by atoms with Gasteiger partial charge in [0.05, 0.1) is 11.8 Å². The number of hydrogen-bond donors (Lipinski definition) is 1. The fourth-order valence-electron chi connectivity index (χ4n) is 3.63. The van der Waals surface area contributed by atoms with Gasteiger partial charge in [0.15, 0.2) is 0 Å². The summed E-state index contributed by atoms with van der Waals surface area (Å²) in [5.41, 5.74) is 0. The third kappa shape index (κ3) is 2.12. The molecule has 0 aromatic heterocycles. The molecule has 0 spiro atoms. The number of fused-ring (bicyclic) bond motifs is 1. The molecule has 0 amide bonds. The van der Waals surface area contributed by atoms with Crippen LogP contribution >= 0.6 is 0 Å². The van der Waals surface area contributed by atoms with Gasteiger partial charge in [-0.15, -0.1) is 0 Å². The smallest absolute Gasteiger partial charge is 0.313 e. The zero-order valence-electron chi connectivity index (χ0n) is 10.0. The van der Waals surface area contributed by atoms with Crippen LogP contribution in [0.3, 0.4) is 0 Å². The van der Waals surface area contributed by atoms with Crippen molar-refractivity contribution in [2.45, 2.75) is 18.9 Å². The Morgan fingerprint density at radius 1 is 1.42 bits per heavy atom. The van der Waals surface area contributed by atoms with Crippen LogP contribution in [0.25, 0.3) is 0 Å². The third-order valence-corrected chi connectivity index (χ3v) is 5.03. The highest BCUT2D eigenvalue weighted by Gasteiger charge is 2.64. The summed E-state index contributed by atoms with van der Waals surface area (Å²) in [5.74, 6) is -1.74. The monoisotopic (exact) mass is 290 g/mol. The van der Waals surface area contributed by atoms with E-state index < -0.39 is 33.9 Å². The molecule has 7 nitrogen and oxygen atoms in total. The molecule has 2 aliphatic carbocycles. The number of rotatable bonds is 4. The normalized spacial score (nSPS) is 39.4. The van der Waals surface area contributed by atoms with Gasteiger partial charge < -0.3 is 9.47 Å². The summed E-state index contributed by atoms with van der Waals surface area (Å²) >= 11 is 0. The number of carbonyl (C=O) groups is 2. The number of esters is 2. The Morgan fingerprint density at radius 3 is 2.84 bits per heavy atom. The van der Waals surface area contributed by atoms with Crippen molar-refractivity contribution >= 4 is 22.1 Å². The van der Waals surface area contributed by atoms with Gasteiger partial charge in [-0.3, -0.25) is 14.1 Å². The van der Waals surface area contributed by atoms with E-state index in [4.69, 9.17) is 14.0 Å². The van der Waals surface area contributed by atoms with Gasteiger partial charge >= 0.3 is 11.9 Å². The minimum Gasteiger partial charge on any atom is -0.464 e. The van der Waals surface area contributed by atoms with Gasteiger partial charge in [0.25, 0.3) is 10.1 Å². The Labute approximate surface area is 110 Å². The average molecular weight is 290 g/mol. The van der Waals surface area contributed by atoms with Crippen LogP contribution in [0.2, 0.25) is 0 Å². The number of ether oxygens (including phenoxy) is 2. The zero-order valence-corrected chi connectivity index (χ0v) is 10.8. The van der Waals surface area contributed by atoms with Crippen LogP contribution in [-0.2, 0) is 29.2 Å². The lowest BCUT2D eigenvalue weighted by Gasteiger charge is -2.23. The molecular weight excluding hydrogens is 276 g/mol. The molecule has 1 aliphatic heterocycles. The van der Waals surface area contributed by atoms with E-state index in [1.807, 2.05) is 0 Å². The summed E-state index contributed by atoms with van der Waals surface area (Å²) in [6, 6.07) is 0. The molecule has 1 saturated heterocycles. The highest BCUT2D eigenvalue weighted by molar-refractivity contribution is 7.85. The van der Waals surface area contributed by atoms with Crippen LogP contribution in [0.1, 0.15) is 12.8 Å². The van der Waals surface area contributed by atoms with Gasteiger partial charge in [-0.2, -0.15) is 8.42 Å². The van der Waals surface area contributed by atoms with Crippen LogP contribution in [0, 0.1) is 23.7 Å². The van der Waals surface area contributed by atoms with E-state index in [9.17, 15) is 18.0 Å². The Kier molecular flexibility index (Phi) is 2.82. The average Bonchev–Trinajstić information content (AvgIpc) is 2.87. The van der Waals surface area contributed by atoms with Crippen molar-refractivity contribution in [1.82, 2.24) is 0 Å². The standard InChI is InChI=1S/C11H14O7S/c12-10-7-4-5-3-6(7)9(18-10)8(5)11(13)17-1-2-19(14,15)16/h5-9H,1-4H2,(H,14,15,16). The lowest BCUT2D eigenvalue weighted by molar-refractivity contribution is -0.156. The molecule has 5 unspecified atom stereocenters. The van der Waals surface area contributed by atoms with E-state index in [-0.39, 0.29) is 30.3 Å². The quantitative estimate of drug-likeness (QED) is 0.555. The fraction of sp³-hybridized carbons (Fsp3) is 0.818. The predicted molar refractivity (Wildman–Crippen MR) is 60.4 cm³/mol. The van der Waals surface area contributed by atoms with Crippen LogP contribution in [0.5, 0.6) is 0 Å². The maximum Gasteiger partial charge on any atom is 0.313 e. The van der Waals surface area contributed by atoms with Gasteiger partial charge in [0, 0.05) is 5.92 Å². The summed E-state index contributed by atoms with van der Waals surface area (Å²) in [7, 11) is -4.14. The second-order valence-electron chi connectivity index (χ2n) is 5.38. The van der Waals surface area contributed by atoms with E-state index in [0.29, 0.717) is 6.42 Å². The molecule has 2 bridgehead atoms. The van der Waals surface area contributed by atoms with E-state index >= 15 is 0 Å². The molecular formula is C11H14O7S. The topological polar surface area (TPSA) is 107 Å². The second kappa shape index (κ2) is 4.17.